The zero-order valence-corrected chi connectivity index (χ0v) is 17.7. The highest BCUT2D eigenvalue weighted by Gasteiger charge is 2.34. The molecule has 9 heteroatoms. The van der Waals surface area contributed by atoms with Crippen LogP contribution in [0.1, 0.15) is 18.0 Å². The van der Waals surface area contributed by atoms with Gasteiger partial charge in [0, 0.05) is 21.8 Å². The maximum Gasteiger partial charge on any atom is 0.249 e. The number of anilines is 2. The van der Waals surface area contributed by atoms with Crippen LogP contribution in [0.5, 0.6) is 5.75 Å². The van der Waals surface area contributed by atoms with Crippen LogP contribution in [-0.2, 0) is 9.59 Å². The summed E-state index contributed by atoms with van der Waals surface area (Å²) in [7, 11) is 1.51. The molecule has 1 aliphatic rings. The Morgan fingerprint density at radius 1 is 1.23 bits per heavy atom. The van der Waals surface area contributed by atoms with Gasteiger partial charge in [0.2, 0.25) is 11.8 Å². The van der Waals surface area contributed by atoms with E-state index < -0.39 is 6.04 Å². The van der Waals surface area contributed by atoms with E-state index in [2.05, 4.69) is 15.7 Å². The first-order chi connectivity index (χ1) is 14.4. The standard InChI is InChI=1S/C21H18Cl2N4O3/c1-11-19(12-3-5-13(22)6-4-12)26-27-16(10-18(28)25-20(11)27)21(29)24-14-7-8-17(30-2)15(23)9-14/h3-9,16H,10H2,1-2H3,(H,24,29)(H,25,28)/t16-/m1/s1. The highest BCUT2D eigenvalue weighted by Crippen LogP contribution is 2.35. The summed E-state index contributed by atoms with van der Waals surface area (Å²) in [5.41, 5.74) is 2.79. The molecule has 1 aliphatic heterocycles. The first-order valence-corrected chi connectivity index (χ1v) is 9.92. The lowest BCUT2D eigenvalue weighted by atomic mass is 10.1. The molecular weight excluding hydrogens is 427 g/mol. The topological polar surface area (TPSA) is 85.2 Å². The first kappa shape index (κ1) is 20.3. The van der Waals surface area contributed by atoms with Crippen LogP contribution in [0.15, 0.2) is 42.5 Å². The minimum atomic E-state index is -0.797. The normalized spacial score (nSPS) is 15.3. The van der Waals surface area contributed by atoms with E-state index in [9.17, 15) is 9.59 Å². The highest BCUT2D eigenvalue weighted by atomic mass is 35.5. The average molecular weight is 445 g/mol. The Labute approximate surface area is 182 Å². The molecule has 4 rings (SSSR count). The minimum absolute atomic E-state index is 0.0239. The summed E-state index contributed by atoms with van der Waals surface area (Å²) >= 11 is 12.1. The Morgan fingerprint density at radius 2 is 1.97 bits per heavy atom. The van der Waals surface area contributed by atoms with E-state index in [1.165, 1.54) is 7.11 Å². The van der Waals surface area contributed by atoms with Gasteiger partial charge in [-0.25, -0.2) is 4.68 Å². The van der Waals surface area contributed by atoms with Crippen molar-refractivity contribution < 1.29 is 14.3 Å². The van der Waals surface area contributed by atoms with Crippen molar-refractivity contribution in [2.75, 3.05) is 17.7 Å². The molecule has 0 aliphatic carbocycles. The van der Waals surface area contributed by atoms with E-state index in [0.717, 1.165) is 11.1 Å². The lowest BCUT2D eigenvalue weighted by Crippen LogP contribution is -2.35. The second kappa shape index (κ2) is 8.01. The summed E-state index contributed by atoms with van der Waals surface area (Å²) in [6.45, 7) is 1.85. The van der Waals surface area contributed by atoms with E-state index in [4.69, 9.17) is 27.9 Å². The first-order valence-electron chi connectivity index (χ1n) is 9.16. The Kier molecular flexibility index (Phi) is 5.40. The molecule has 0 fully saturated rings. The number of fused-ring (bicyclic) bond motifs is 1. The molecule has 0 spiro atoms. The number of nitrogens with zero attached hydrogens (tertiary/aromatic N) is 2. The lowest BCUT2D eigenvalue weighted by molar-refractivity contribution is -0.125. The number of amides is 2. The quantitative estimate of drug-likeness (QED) is 0.610. The summed E-state index contributed by atoms with van der Waals surface area (Å²) in [5.74, 6) is 0.395. The predicted octanol–water partition coefficient (Wildman–Crippen LogP) is 4.70. The van der Waals surface area contributed by atoms with Gasteiger partial charge < -0.3 is 15.4 Å². The third-order valence-electron chi connectivity index (χ3n) is 4.92. The number of aromatic nitrogens is 2. The summed E-state index contributed by atoms with van der Waals surface area (Å²) < 4.78 is 6.68. The van der Waals surface area contributed by atoms with Crippen molar-refractivity contribution in [1.29, 1.82) is 0 Å². The number of hydrogen-bond donors (Lipinski definition) is 2. The molecule has 0 radical (unpaired) electrons. The van der Waals surface area contributed by atoms with E-state index >= 15 is 0 Å². The van der Waals surface area contributed by atoms with Crippen molar-refractivity contribution in [2.45, 2.75) is 19.4 Å². The van der Waals surface area contributed by atoms with Gasteiger partial charge in [-0.3, -0.25) is 9.59 Å². The minimum Gasteiger partial charge on any atom is -0.495 e. The van der Waals surface area contributed by atoms with Crippen molar-refractivity contribution in [3.63, 3.8) is 0 Å². The second-order valence-corrected chi connectivity index (χ2v) is 7.72. The van der Waals surface area contributed by atoms with Gasteiger partial charge in [-0.05, 0) is 37.3 Å². The number of carbonyl (C=O) groups excluding carboxylic acids is 2. The lowest BCUT2D eigenvalue weighted by Gasteiger charge is -2.24. The smallest absolute Gasteiger partial charge is 0.249 e. The predicted molar refractivity (Wildman–Crippen MR) is 116 cm³/mol. The molecule has 0 unspecified atom stereocenters. The van der Waals surface area contributed by atoms with Gasteiger partial charge in [0.15, 0.2) is 0 Å². The number of ether oxygens (including phenoxy) is 1. The van der Waals surface area contributed by atoms with Crippen LogP contribution >= 0.6 is 23.2 Å². The number of halogens is 2. The monoisotopic (exact) mass is 444 g/mol. The average Bonchev–Trinajstić information content (AvgIpc) is 3.04. The molecule has 2 amide bonds. The van der Waals surface area contributed by atoms with Crippen molar-refractivity contribution in [1.82, 2.24) is 9.78 Å². The van der Waals surface area contributed by atoms with Crippen LogP contribution in [0.25, 0.3) is 11.3 Å². The summed E-state index contributed by atoms with van der Waals surface area (Å²) in [6, 6.07) is 11.4. The molecular formula is C21H18Cl2N4O3. The van der Waals surface area contributed by atoms with Crippen LogP contribution < -0.4 is 15.4 Å². The van der Waals surface area contributed by atoms with E-state index in [1.807, 2.05) is 19.1 Å². The molecule has 3 aromatic rings. The summed E-state index contributed by atoms with van der Waals surface area (Å²) in [6.07, 6.45) is -0.0239. The zero-order chi connectivity index (χ0) is 21.4. The molecule has 1 aromatic heterocycles. The van der Waals surface area contributed by atoms with Crippen LogP contribution in [0.3, 0.4) is 0 Å². The molecule has 0 saturated heterocycles. The molecule has 30 heavy (non-hydrogen) atoms. The molecule has 2 aromatic carbocycles. The van der Waals surface area contributed by atoms with Crippen LogP contribution in [0.2, 0.25) is 10.0 Å². The number of rotatable bonds is 4. The number of hydrogen-bond acceptors (Lipinski definition) is 4. The van der Waals surface area contributed by atoms with E-state index in [0.29, 0.717) is 33.0 Å². The maximum absolute atomic E-state index is 13.0. The fourth-order valence-electron chi connectivity index (χ4n) is 3.39. The van der Waals surface area contributed by atoms with Crippen molar-refractivity contribution in [2.24, 2.45) is 0 Å². The number of benzene rings is 2. The van der Waals surface area contributed by atoms with Gasteiger partial charge in [0.1, 0.15) is 17.6 Å². The molecule has 1 atom stereocenters. The number of methoxy groups -OCH3 is 1. The zero-order valence-electron chi connectivity index (χ0n) is 16.2. The van der Waals surface area contributed by atoms with Crippen LogP contribution in [0, 0.1) is 6.92 Å². The van der Waals surface area contributed by atoms with Gasteiger partial charge in [0.05, 0.1) is 24.2 Å². The van der Waals surface area contributed by atoms with Gasteiger partial charge in [0.25, 0.3) is 0 Å². The Hall–Kier alpha value is -3.03. The van der Waals surface area contributed by atoms with Crippen molar-refractivity contribution >= 4 is 46.5 Å². The molecule has 154 valence electrons. The third-order valence-corrected chi connectivity index (χ3v) is 5.47. The van der Waals surface area contributed by atoms with Gasteiger partial charge >= 0.3 is 0 Å². The fourth-order valence-corrected chi connectivity index (χ4v) is 3.78. The number of nitrogens with one attached hydrogen (secondary N) is 2. The third kappa shape index (κ3) is 3.74. The van der Waals surface area contributed by atoms with Gasteiger partial charge in [-0.1, -0.05) is 35.3 Å². The fraction of sp³-hybridized carbons (Fsp3) is 0.190. The van der Waals surface area contributed by atoms with Crippen molar-refractivity contribution in [3.8, 4) is 17.0 Å². The molecule has 0 saturated carbocycles. The molecule has 2 N–H and O–H groups in total. The Balaban J connectivity index is 1.66. The van der Waals surface area contributed by atoms with Crippen LogP contribution in [-0.4, -0.2) is 28.7 Å². The molecule has 7 nitrogen and oxygen atoms in total. The van der Waals surface area contributed by atoms with E-state index in [-0.39, 0.29) is 18.2 Å². The summed E-state index contributed by atoms with van der Waals surface area (Å²) in [4.78, 5) is 25.3. The number of carbonyl (C=O) groups is 2. The highest BCUT2D eigenvalue weighted by molar-refractivity contribution is 6.32. The molecule has 2 heterocycles. The van der Waals surface area contributed by atoms with Crippen molar-refractivity contribution in [3.05, 3.63) is 58.1 Å². The largest absolute Gasteiger partial charge is 0.495 e. The van der Waals surface area contributed by atoms with Crippen LogP contribution in [0.4, 0.5) is 11.5 Å². The van der Waals surface area contributed by atoms with E-state index in [1.54, 1.807) is 35.0 Å². The SMILES string of the molecule is COc1ccc(NC(=O)[C@H]2CC(=O)Nc3c(C)c(-c4ccc(Cl)cc4)nn32)cc1Cl. The van der Waals surface area contributed by atoms with Gasteiger partial charge in [-0.2, -0.15) is 5.10 Å². The second-order valence-electron chi connectivity index (χ2n) is 6.88. The molecule has 0 bridgehead atoms. The van der Waals surface area contributed by atoms with Gasteiger partial charge in [-0.15, -0.1) is 0 Å². The Morgan fingerprint density at radius 3 is 2.63 bits per heavy atom. The summed E-state index contributed by atoms with van der Waals surface area (Å²) in [5, 5.41) is 11.2. The maximum atomic E-state index is 13.0. The Bertz CT molecular complexity index is 1140.